The van der Waals surface area contributed by atoms with Crippen molar-refractivity contribution in [3.63, 3.8) is 0 Å². The molecule has 0 aromatic rings. The van der Waals surface area contributed by atoms with Gasteiger partial charge < -0.3 is 10.2 Å². The molecule has 3 heteroatoms. The topological polar surface area (TPSA) is 18.5 Å². The Hall–Kier alpha value is -0.120. The maximum absolute atomic E-state index is 3.76. The van der Waals surface area contributed by atoms with Crippen molar-refractivity contribution in [2.75, 3.05) is 32.7 Å². The van der Waals surface area contributed by atoms with Crippen LogP contribution in [0.4, 0.5) is 0 Å². The molecule has 3 fully saturated rings. The molecule has 0 spiro atoms. The molecule has 4 unspecified atom stereocenters. The minimum atomic E-state index is 0.750. The lowest BCUT2D eigenvalue weighted by molar-refractivity contribution is 0.0739. The van der Waals surface area contributed by atoms with E-state index in [2.05, 4.69) is 29.0 Å². The van der Waals surface area contributed by atoms with Gasteiger partial charge in [-0.1, -0.05) is 6.92 Å². The molecule has 4 atom stereocenters. The standard InChI is InChI=1S/C14H27N3/c1-3-17-7-6-16(9-11(17)2)10-12-8-13-4-5-14(12)15-13/h11-15H,3-10H2,1-2H3. The Morgan fingerprint density at radius 2 is 2.12 bits per heavy atom. The lowest BCUT2D eigenvalue weighted by Crippen LogP contribution is -2.53. The van der Waals surface area contributed by atoms with E-state index in [1.165, 1.54) is 52.0 Å². The molecular formula is C14H27N3. The third-order valence-electron chi connectivity index (χ3n) is 5.18. The van der Waals surface area contributed by atoms with Crippen molar-refractivity contribution in [2.45, 2.75) is 51.2 Å². The molecular weight excluding hydrogens is 210 g/mol. The lowest BCUT2D eigenvalue weighted by atomic mass is 9.88. The monoisotopic (exact) mass is 237 g/mol. The van der Waals surface area contributed by atoms with Gasteiger partial charge in [-0.25, -0.2) is 0 Å². The number of nitrogens with one attached hydrogen (secondary N) is 1. The quantitative estimate of drug-likeness (QED) is 0.794. The fraction of sp³-hybridized carbons (Fsp3) is 1.00. The van der Waals surface area contributed by atoms with E-state index in [9.17, 15) is 0 Å². The van der Waals surface area contributed by atoms with Crippen LogP contribution in [0.1, 0.15) is 33.1 Å². The van der Waals surface area contributed by atoms with Crippen LogP contribution in [-0.2, 0) is 0 Å². The van der Waals surface area contributed by atoms with E-state index in [-0.39, 0.29) is 0 Å². The molecule has 3 aliphatic rings. The molecule has 0 aliphatic carbocycles. The van der Waals surface area contributed by atoms with Gasteiger partial charge in [0.2, 0.25) is 0 Å². The van der Waals surface area contributed by atoms with Crippen molar-refractivity contribution in [1.29, 1.82) is 0 Å². The molecule has 0 aromatic carbocycles. The summed E-state index contributed by atoms with van der Waals surface area (Å²) < 4.78 is 0. The molecule has 98 valence electrons. The number of likely N-dealkylation sites (N-methyl/N-ethyl adjacent to an activating group) is 1. The van der Waals surface area contributed by atoms with Gasteiger partial charge in [0, 0.05) is 44.3 Å². The highest BCUT2D eigenvalue weighted by Gasteiger charge is 2.39. The summed E-state index contributed by atoms with van der Waals surface area (Å²) in [4.78, 5) is 5.32. The highest BCUT2D eigenvalue weighted by Crippen LogP contribution is 2.33. The summed E-state index contributed by atoms with van der Waals surface area (Å²) >= 11 is 0. The SMILES string of the molecule is CCN1CCN(CC2CC3CCC2N3)CC1C. The zero-order chi connectivity index (χ0) is 11.8. The van der Waals surface area contributed by atoms with Crippen molar-refractivity contribution >= 4 is 0 Å². The Morgan fingerprint density at radius 1 is 1.24 bits per heavy atom. The van der Waals surface area contributed by atoms with Gasteiger partial charge >= 0.3 is 0 Å². The second kappa shape index (κ2) is 4.87. The van der Waals surface area contributed by atoms with E-state index >= 15 is 0 Å². The summed E-state index contributed by atoms with van der Waals surface area (Å²) in [6, 6.07) is 2.46. The van der Waals surface area contributed by atoms with Gasteiger partial charge in [-0.2, -0.15) is 0 Å². The first-order valence-electron chi connectivity index (χ1n) is 7.48. The fourth-order valence-electron chi connectivity index (χ4n) is 4.18. The maximum Gasteiger partial charge on any atom is 0.0195 e. The number of hydrogen-bond donors (Lipinski definition) is 1. The van der Waals surface area contributed by atoms with Gasteiger partial charge in [-0.15, -0.1) is 0 Å². The summed E-state index contributed by atoms with van der Waals surface area (Å²) in [5, 5.41) is 3.76. The molecule has 3 nitrogen and oxygen atoms in total. The van der Waals surface area contributed by atoms with Crippen molar-refractivity contribution in [1.82, 2.24) is 15.1 Å². The molecule has 2 bridgehead atoms. The van der Waals surface area contributed by atoms with Crippen LogP contribution >= 0.6 is 0 Å². The number of piperazine rings is 1. The minimum absolute atomic E-state index is 0.750. The molecule has 17 heavy (non-hydrogen) atoms. The van der Waals surface area contributed by atoms with E-state index < -0.39 is 0 Å². The fourth-order valence-corrected chi connectivity index (χ4v) is 4.18. The summed E-state index contributed by atoms with van der Waals surface area (Å²) in [7, 11) is 0. The number of nitrogens with zero attached hydrogens (tertiary/aromatic N) is 2. The Morgan fingerprint density at radius 3 is 2.71 bits per heavy atom. The second-order valence-corrected chi connectivity index (χ2v) is 6.28. The number of rotatable bonds is 3. The lowest BCUT2D eigenvalue weighted by Gasteiger charge is -2.41. The van der Waals surface area contributed by atoms with Crippen molar-refractivity contribution in [3.8, 4) is 0 Å². The van der Waals surface area contributed by atoms with Crippen LogP contribution in [-0.4, -0.2) is 60.6 Å². The zero-order valence-electron chi connectivity index (χ0n) is 11.4. The zero-order valence-corrected chi connectivity index (χ0v) is 11.4. The third kappa shape index (κ3) is 2.38. The molecule has 3 saturated heterocycles. The van der Waals surface area contributed by atoms with E-state index in [1.807, 2.05) is 0 Å². The highest BCUT2D eigenvalue weighted by molar-refractivity contribution is 4.98. The average molecular weight is 237 g/mol. The van der Waals surface area contributed by atoms with Gasteiger partial charge in [0.25, 0.3) is 0 Å². The molecule has 0 aromatic heterocycles. The normalized spacial score (nSPS) is 43.4. The summed E-state index contributed by atoms with van der Waals surface area (Å²) in [6.07, 6.45) is 4.30. The smallest absolute Gasteiger partial charge is 0.0195 e. The maximum atomic E-state index is 3.76. The van der Waals surface area contributed by atoms with Gasteiger partial charge in [0.05, 0.1) is 0 Å². The number of fused-ring (bicyclic) bond motifs is 2. The molecule has 0 amide bonds. The Balaban J connectivity index is 1.50. The first-order chi connectivity index (χ1) is 8.26. The number of hydrogen-bond acceptors (Lipinski definition) is 3. The third-order valence-corrected chi connectivity index (χ3v) is 5.18. The van der Waals surface area contributed by atoms with E-state index in [4.69, 9.17) is 0 Å². The molecule has 3 rings (SSSR count). The van der Waals surface area contributed by atoms with Gasteiger partial charge in [0.15, 0.2) is 0 Å². The minimum Gasteiger partial charge on any atom is -0.311 e. The largest absolute Gasteiger partial charge is 0.311 e. The van der Waals surface area contributed by atoms with Crippen molar-refractivity contribution in [2.24, 2.45) is 5.92 Å². The van der Waals surface area contributed by atoms with Crippen LogP contribution in [0.5, 0.6) is 0 Å². The Bertz CT molecular complexity index is 268. The predicted octanol–water partition coefficient (Wildman–Crippen LogP) is 1.15. The molecule has 3 heterocycles. The summed E-state index contributed by atoms with van der Waals surface area (Å²) in [6.45, 7) is 11.1. The van der Waals surface area contributed by atoms with Crippen LogP contribution in [0.25, 0.3) is 0 Å². The van der Waals surface area contributed by atoms with Gasteiger partial charge in [0.1, 0.15) is 0 Å². The van der Waals surface area contributed by atoms with Gasteiger partial charge in [-0.05, 0) is 38.6 Å². The van der Waals surface area contributed by atoms with E-state index in [1.54, 1.807) is 0 Å². The van der Waals surface area contributed by atoms with Crippen molar-refractivity contribution < 1.29 is 0 Å². The van der Waals surface area contributed by atoms with Crippen LogP contribution in [0.2, 0.25) is 0 Å². The molecule has 3 aliphatic heterocycles. The first kappa shape index (κ1) is 11.9. The Kier molecular flexibility index (Phi) is 3.42. The molecule has 0 saturated carbocycles. The summed E-state index contributed by atoms with van der Waals surface area (Å²) in [5.41, 5.74) is 0. The summed E-state index contributed by atoms with van der Waals surface area (Å²) in [5.74, 6) is 0.939. The Labute approximate surface area is 106 Å². The highest BCUT2D eigenvalue weighted by atomic mass is 15.3. The molecule has 0 radical (unpaired) electrons. The van der Waals surface area contributed by atoms with Gasteiger partial charge in [-0.3, -0.25) is 4.90 Å². The predicted molar refractivity (Wildman–Crippen MR) is 71.2 cm³/mol. The average Bonchev–Trinajstić information content (AvgIpc) is 2.91. The first-order valence-corrected chi connectivity index (χ1v) is 7.48. The van der Waals surface area contributed by atoms with E-state index in [0.717, 1.165) is 24.0 Å². The van der Waals surface area contributed by atoms with Crippen LogP contribution in [0.3, 0.4) is 0 Å². The molecule has 1 N–H and O–H groups in total. The van der Waals surface area contributed by atoms with E-state index in [0.29, 0.717) is 0 Å². The van der Waals surface area contributed by atoms with Crippen molar-refractivity contribution in [3.05, 3.63) is 0 Å². The van der Waals surface area contributed by atoms with Crippen LogP contribution < -0.4 is 5.32 Å². The second-order valence-electron chi connectivity index (χ2n) is 6.28. The van der Waals surface area contributed by atoms with Crippen LogP contribution in [0, 0.1) is 5.92 Å². The van der Waals surface area contributed by atoms with Crippen LogP contribution in [0.15, 0.2) is 0 Å².